The molecule has 1 heterocycles. The Morgan fingerprint density at radius 1 is 1.30 bits per heavy atom. The monoisotopic (exact) mass is 304 g/mol. The number of aromatic carboxylic acids is 1. The first-order chi connectivity index (χ1) is 9.16. The highest BCUT2D eigenvalue weighted by Crippen LogP contribution is 2.26. The highest BCUT2D eigenvalue weighted by molar-refractivity contribution is 7.89. The van der Waals surface area contributed by atoms with Gasteiger partial charge in [-0.3, -0.25) is 0 Å². The van der Waals surface area contributed by atoms with Crippen molar-refractivity contribution in [3.8, 4) is 0 Å². The summed E-state index contributed by atoms with van der Waals surface area (Å²) in [6.45, 7) is 3.84. The van der Waals surface area contributed by atoms with Gasteiger partial charge in [-0.05, 0) is 40.9 Å². The van der Waals surface area contributed by atoms with Crippen molar-refractivity contribution in [3.63, 3.8) is 0 Å². The van der Waals surface area contributed by atoms with Crippen molar-refractivity contribution in [2.24, 2.45) is 0 Å². The van der Waals surface area contributed by atoms with Gasteiger partial charge in [0.1, 0.15) is 22.0 Å². The minimum Gasteiger partial charge on any atom is -0.478 e. The van der Waals surface area contributed by atoms with Crippen LogP contribution in [0.1, 0.15) is 28.3 Å². The molecule has 7 nitrogen and oxygen atoms in total. The number of aryl methyl sites for hydroxylation is 2. The molecule has 0 aliphatic heterocycles. The Hall–Kier alpha value is -1.38. The molecule has 1 rings (SSSR count). The quantitative estimate of drug-likeness (QED) is 0.724. The fourth-order valence-electron chi connectivity index (χ4n) is 1.91. The van der Waals surface area contributed by atoms with E-state index in [4.69, 9.17) is 9.52 Å². The normalized spacial score (nSPS) is 12.1. The van der Waals surface area contributed by atoms with E-state index in [0.29, 0.717) is 6.42 Å². The van der Waals surface area contributed by atoms with Crippen LogP contribution in [0.4, 0.5) is 0 Å². The number of furan rings is 1. The lowest BCUT2D eigenvalue weighted by Gasteiger charge is -2.10. The summed E-state index contributed by atoms with van der Waals surface area (Å²) in [6.07, 6.45) is 0.629. The second kappa shape index (κ2) is 6.38. The predicted octanol–water partition coefficient (Wildman–Crippen LogP) is 0.825. The van der Waals surface area contributed by atoms with E-state index < -0.39 is 16.0 Å². The van der Waals surface area contributed by atoms with Crippen LogP contribution in [0.5, 0.6) is 0 Å². The third-order valence-corrected chi connectivity index (χ3v) is 4.38. The Bertz CT molecular complexity index is 589. The van der Waals surface area contributed by atoms with Gasteiger partial charge < -0.3 is 14.4 Å². The average Bonchev–Trinajstić information content (AvgIpc) is 2.60. The van der Waals surface area contributed by atoms with Crippen molar-refractivity contribution < 1.29 is 22.7 Å². The summed E-state index contributed by atoms with van der Waals surface area (Å²) < 4.78 is 31.9. The van der Waals surface area contributed by atoms with Crippen molar-refractivity contribution in [2.75, 3.05) is 27.2 Å². The van der Waals surface area contributed by atoms with E-state index in [1.807, 2.05) is 19.0 Å². The van der Waals surface area contributed by atoms with Gasteiger partial charge in [0, 0.05) is 6.54 Å². The summed E-state index contributed by atoms with van der Waals surface area (Å²) in [5, 5.41) is 9.11. The molecular formula is C12H20N2O5S. The summed E-state index contributed by atoms with van der Waals surface area (Å²) >= 11 is 0. The lowest BCUT2D eigenvalue weighted by atomic mass is 10.2. The standard InChI is InChI=1S/C12H20N2O5S/c1-8-10(12(15)16)11(9(2)19-8)20(17,18)13-6-5-7-14(3)4/h13H,5-7H2,1-4H3,(H,15,16). The molecule has 0 amide bonds. The van der Waals surface area contributed by atoms with Crippen LogP contribution >= 0.6 is 0 Å². The van der Waals surface area contributed by atoms with Crippen LogP contribution in [0.3, 0.4) is 0 Å². The number of rotatable bonds is 7. The molecule has 0 atom stereocenters. The minimum absolute atomic E-state index is 0.0833. The first-order valence-corrected chi connectivity index (χ1v) is 7.62. The molecule has 0 aliphatic carbocycles. The maximum Gasteiger partial charge on any atom is 0.340 e. The molecule has 0 unspecified atom stereocenters. The second-order valence-corrected chi connectivity index (χ2v) is 6.48. The SMILES string of the molecule is Cc1oc(C)c(S(=O)(=O)NCCCN(C)C)c1C(=O)O. The molecule has 0 radical (unpaired) electrons. The summed E-state index contributed by atoms with van der Waals surface area (Å²) in [6, 6.07) is 0. The lowest BCUT2D eigenvalue weighted by molar-refractivity contribution is 0.0691. The van der Waals surface area contributed by atoms with Gasteiger partial charge in [0.25, 0.3) is 0 Å². The zero-order valence-electron chi connectivity index (χ0n) is 12.1. The summed E-state index contributed by atoms with van der Waals surface area (Å²) in [5.74, 6) is -1.14. The molecule has 0 aromatic carbocycles. The lowest BCUT2D eigenvalue weighted by Crippen LogP contribution is -2.28. The van der Waals surface area contributed by atoms with E-state index in [9.17, 15) is 13.2 Å². The molecule has 20 heavy (non-hydrogen) atoms. The molecule has 2 N–H and O–H groups in total. The number of hydrogen-bond acceptors (Lipinski definition) is 5. The first-order valence-electron chi connectivity index (χ1n) is 6.14. The topological polar surface area (TPSA) is 99.9 Å². The van der Waals surface area contributed by atoms with Crippen LogP contribution in [-0.2, 0) is 10.0 Å². The molecule has 1 aromatic heterocycles. The highest BCUT2D eigenvalue weighted by atomic mass is 32.2. The summed E-state index contributed by atoms with van der Waals surface area (Å²) in [5.41, 5.74) is -0.303. The fourth-order valence-corrected chi connectivity index (χ4v) is 3.39. The van der Waals surface area contributed by atoms with E-state index >= 15 is 0 Å². The highest BCUT2D eigenvalue weighted by Gasteiger charge is 2.30. The number of nitrogens with one attached hydrogen (secondary N) is 1. The van der Waals surface area contributed by atoms with Gasteiger partial charge in [-0.2, -0.15) is 0 Å². The van der Waals surface area contributed by atoms with Crippen LogP contribution < -0.4 is 4.72 Å². The molecular weight excluding hydrogens is 284 g/mol. The zero-order valence-corrected chi connectivity index (χ0v) is 12.9. The van der Waals surface area contributed by atoms with Crippen molar-refractivity contribution >= 4 is 16.0 Å². The van der Waals surface area contributed by atoms with Crippen LogP contribution in [-0.4, -0.2) is 51.6 Å². The zero-order chi connectivity index (χ0) is 15.5. The van der Waals surface area contributed by atoms with Crippen molar-refractivity contribution in [3.05, 3.63) is 17.1 Å². The maximum atomic E-state index is 12.2. The van der Waals surface area contributed by atoms with Gasteiger partial charge in [0.2, 0.25) is 10.0 Å². The maximum absolute atomic E-state index is 12.2. The number of nitrogens with zero attached hydrogens (tertiary/aromatic N) is 1. The van der Waals surface area contributed by atoms with Crippen LogP contribution in [0.25, 0.3) is 0 Å². The van der Waals surface area contributed by atoms with Gasteiger partial charge in [-0.25, -0.2) is 17.9 Å². The molecule has 0 saturated carbocycles. The van der Waals surface area contributed by atoms with Gasteiger partial charge in [-0.15, -0.1) is 0 Å². The predicted molar refractivity (Wildman–Crippen MR) is 73.5 cm³/mol. The molecule has 114 valence electrons. The molecule has 0 aliphatic rings. The van der Waals surface area contributed by atoms with E-state index in [2.05, 4.69) is 4.72 Å². The number of carboxylic acid groups (broad SMARTS) is 1. The van der Waals surface area contributed by atoms with Crippen LogP contribution in [0.2, 0.25) is 0 Å². The number of carboxylic acids is 1. The third-order valence-electron chi connectivity index (χ3n) is 2.76. The third kappa shape index (κ3) is 3.81. The van der Waals surface area contributed by atoms with Gasteiger partial charge >= 0.3 is 5.97 Å². The number of sulfonamides is 1. The van der Waals surface area contributed by atoms with Gasteiger partial charge in [0.15, 0.2) is 0 Å². The second-order valence-electron chi connectivity index (χ2n) is 4.78. The number of carbonyl (C=O) groups is 1. The summed E-state index contributed by atoms with van der Waals surface area (Å²) in [4.78, 5) is 12.8. The van der Waals surface area contributed by atoms with E-state index in [-0.39, 0.29) is 28.5 Å². The van der Waals surface area contributed by atoms with Gasteiger partial charge in [0.05, 0.1) is 0 Å². The number of hydrogen-bond donors (Lipinski definition) is 2. The van der Waals surface area contributed by atoms with Gasteiger partial charge in [-0.1, -0.05) is 0 Å². The minimum atomic E-state index is -3.89. The average molecular weight is 304 g/mol. The van der Waals surface area contributed by atoms with E-state index in [1.54, 1.807) is 0 Å². The Morgan fingerprint density at radius 3 is 2.40 bits per heavy atom. The Balaban J connectivity index is 2.96. The Morgan fingerprint density at radius 2 is 1.90 bits per heavy atom. The molecule has 0 bridgehead atoms. The van der Waals surface area contributed by atoms with Crippen molar-refractivity contribution in [2.45, 2.75) is 25.2 Å². The van der Waals surface area contributed by atoms with Crippen molar-refractivity contribution in [1.82, 2.24) is 9.62 Å². The first kappa shape index (κ1) is 16.7. The molecule has 0 spiro atoms. The summed E-state index contributed by atoms with van der Waals surface area (Å²) in [7, 11) is -0.108. The molecule has 8 heteroatoms. The molecule has 0 saturated heterocycles. The Kier molecular flexibility index (Phi) is 5.32. The molecule has 0 fully saturated rings. The fraction of sp³-hybridized carbons (Fsp3) is 0.583. The van der Waals surface area contributed by atoms with Crippen LogP contribution in [0, 0.1) is 13.8 Å². The van der Waals surface area contributed by atoms with E-state index in [1.165, 1.54) is 13.8 Å². The van der Waals surface area contributed by atoms with E-state index in [0.717, 1.165) is 6.54 Å². The Labute approximate surface area is 118 Å². The smallest absolute Gasteiger partial charge is 0.340 e. The largest absolute Gasteiger partial charge is 0.478 e. The molecule has 1 aromatic rings. The van der Waals surface area contributed by atoms with Crippen molar-refractivity contribution in [1.29, 1.82) is 0 Å². The van der Waals surface area contributed by atoms with Crippen LogP contribution in [0.15, 0.2) is 9.31 Å².